The number of amides is 3. The highest BCUT2D eigenvalue weighted by Crippen LogP contribution is 2.45. The van der Waals surface area contributed by atoms with Crippen LogP contribution < -0.4 is 25.2 Å². The van der Waals surface area contributed by atoms with E-state index >= 15 is 0 Å². The van der Waals surface area contributed by atoms with Crippen molar-refractivity contribution in [2.75, 3.05) is 13.7 Å². The van der Waals surface area contributed by atoms with Crippen molar-refractivity contribution < 1.29 is 32.3 Å². The third kappa shape index (κ3) is 6.75. The molecule has 5 atom stereocenters. The Morgan fingerprint density at radius 2 is 1.98 bits per heavy atom. The second-order valence-electron chi connectivity index (χ2n) is 13.2. The van der Waals surface area contributed by atoms with Crippen LogP contribution in [0.1, 0.15) is 52.9 Å². The Morgan fingerprint density at radius 1 is 1.27 bits per heavy atom. The molecule has 1 aromatic carbocycles. The summed E-state index contributed by atoms with van der Waals surface area (Å²) in [6.45, 7) is 9.46. The lowest BCUT2D eigenvalue weighted by molar-refractivity contribution is -0.137. The van der Waals surface area contributed by atoms with Gasteiger partial charge in [-0.25, -0.2) is 13.4 Å². The van der Waals surface area contributed by atoms with E-state index in [1.165, 1.54) is 6.08 Å². The molecule has 2 saturated carbocycles. The first kappa shape index (κ1) is 33.0. The molecule has 3 fully saturated rings. The van der Waals surface area contributed by atoms with Crippen LogP contribution in [0.3, 0.4) is 0 Å². The van der Waals surface area contributed by atoms with Gasteiger partial charge in [-0.2, -0.15) is 0 Å². The summed E-state index contributed by atoms with van der Waals surface area (Å²) in [6, 6.07) is 3.81. The molecule has 3 aliphatic rings. The van der Waals surface area contributed by atoms with E-state index in [-0.39, 0.29) is 31.7 Å². The van der Waals surface area contributed by atoms with Gasteiger partial charge in [-0.1, -0.05) is 38.4 Å². The summed E-state index contributed by atoms with van der Waals surface area (Å²) in [7, 11) is -2.27. The summed E-state index contributed by atoms with van der Waals surface area (Å²) in [6.07, 6.45) is 3.88. The molecule has 2 heterocycles. The summed E-state index contributed by atoms with van der Waals surface area (Å²) in [5, 5.41) is 4.03. The molecule has 3 amide bonds. The summed E-state index contributed by atoms with van der Waals surface area (Å²) in [5.41, 5.74) is 4.40. The Morgan fingerprint density at radius 3 is 2.58 bits per heavy atom. The van der Waals surface area contributed by atoms with Crippen LogP contribution in [-0.2, 0) is 24.4 Å². The topological polar surface area (TPSA) is 170 Å². The van der Waals surface area contributed by atoms with Crippen LogP contribution in [0.25, 0.3) is 10.8 Å². The monoisotopic (exact) mass is 661 g/mol. The molecule has 12 nitrogen and oxygen atoms in total. The number of sulfonamides is 1. The fraction of sp³-hybridized carbons (Fsp3) is 0.548. The van der Waals surface area contributed by atoms with Gasteiger partial charge in [-0.3, -0.25) is 19.1 Å². The van der Waals surface area contributed by atoms with Crippen LogP contribution in [0.5, 0.6) is 11.6 Å². The first-order valence-electron chi connectivity index (χ1n) is 14.9. The van der Waals surface area contributed by atoms with Gasteiger partial charge >= 0.3 is 0 Å². The number of ether oxygens (including phenoxy) is 2. The molecule has 2 aliphatic carbocycles. The predicted octanol–water partition coefficient (Wildman–Crippen LogP) is 2.68. The van der Waals surface area contributed by atoms with Gasteiger partial charge in [0.05, 0.1) is 31.1 Å². The minimum atomic E-state index is -3.81. The van der Waals surface area contributed by atoms with Crippen LogP contribution in [-0.4, -0.2) is 78.7 Å². The Labute approximate surface area is 268 Å². The van der Waals surface area contributed by atoms with Crippen molar-refractivity contribution in [2.45, 2.75) is 81.9 Å². The largest absolute Gasteiger partial charge is 0.494 e. The zero-order valence-corrected chi connectivity index (χ0v) is 27.4. The van der Waals surface area contributed by atoms with Crippen LogP contribution in [0, 0.1) is 11.3 Å². The maximum Gasteiger partial charge on any atom is 0.259 e. The smallest absolute Gasteiger partial charge is 0.259 e. The van der Waals surface area contributed by atoms with E-state index in [0.29, 0.717) is 34.9 Å². The van der Waals surface area contributed by atoms with Crippen molar-refractivity contribution >= 4 is 50.1 Å². The molecule has 45 heavy (non-hydrogen) atoms. The molecule has 2 aromatic rings. The van der Waals surface area contributed by atoms with Gasteiger partial charge in [0.25, 0.3) is 5.91 Å². The van der Waals surface area contributed by atoms with Gasteiger partial charge in [-0.05, 0) is 42.9 Å². The number of fused-ring (bicyclic) bond motifs is 1. The maximum absolute atomic E-state index is 13.7. The number of nitrogens with one attached hydrogen (secondary N) is 2. The number of carbonyl (C=O) groups is 3. The SMILES string of the molecule is C=C[C@@H]1C[C@]1(NC(=O)C[C@@H]1C[C@@H](Oc2ncc(OC)c3ccc(Cl)cc23)CN1C(=O)[C@@H](N)C(C)(C)C)C(=O)NS(=O)(=O)C1CC1. The third-order valence-corrected chi connectivity index (χ3v) is 10.9. The average molecular weight is 662 g/mol. The minimum Gasteiger partial charge on any atom is -0.494 e. The van der Waals surface area contributed by atoms with E-state index in [2.05, 4.69) is 21.6 Å². The fourth-order valence-electron chi connectivity index (χ4n) is 5.78. The van der Waals surface area contributed by atoms with E-state index in [9.17, 15) is 22.8 Å². The first-order valence-corrected chi connectivity index (χ1v) is 16.9. The van der Waals surface area contributed by atoms with Crippen molar-refractivity contribution in [2.24, 2.45) is 17.1 Å². The average Bonchev–Trinajstić information content (AvgIpc) is 3.89. The first-order chi connectivity index (χ1) is 21.1. The fourth-order valence-corrected chi connectivity index (χ4v) is 7.32. The molecule has 0 spiro atoms. The van der Waals surface area contributed by atoms with Gasteiger partial charge in [0.15, 0.2) is 0 Å². The van der Waals surface area contributed by atoms with Crippen molar-refractivity contribution in [3.8, 4) is 11.6 Å². The van der Waals surface area contributed by atoms with E-state index in [1.807, 2.05) is 20.8 Å². The van der Waals surface area contributed by atoms with E-state index in [1.54, 1.807) is 36.4 Å². The van der Waals surface area contributed by atoms with Crippen molar-refractivity contribution in [3.63, 3.8) is 0 Å². The van der Waals surface area contributed by atoms with E-state index in [4.69, 9.17) is 26.8 Å². The molecule has 0 radical (unpaired) electrons. The minimum absolute atomic E-state index is 0.150. The highest BCUT2D eigenvalue weighted by atomic mass is 35.5. The van der Waals surface area contributed by atoms with Gasteiger partial charge in [0.2, 0.25) is 27.7 Å². The molecule has 4 N–H and O–H groups in total. The molecular formula is C31H40ClN5O7S. The van der Waals surface area contributed by atoms with Crippen molar-refractivity contribution in [1.29, 1.82) is 0 Å². The lowest BCUT2D eigenvalue weighted by atomic mass is 9.86. The van der Waals surface area contributed by atoms with Crippen LogP contribution in [0.2, 0.25) is 5.02 Å². The lowest BCUT2D eigenvalue weighted by Gasteiger charge is -2.33. The number of benzene rings is 1. The summed E-state index contributed by atoms with van der Waals surface area (Å²) < 4.78 is 38.8. The second kappa shape index (κ2) is 12.1. The van der Waals surface area contributed by atoms with Gasteiger partial charge in [0, 0.05) is 40.6 Å². The number of methoxy groups -OCH3 is 1. The molecule has 1 saturated heterocycles. The molecule has 1 aromatic heterocycles. The second-order valence-corrected chi connectivity index (χ2v) is 15.6. The number of halogens is 1. The molecule has 14 heteroatoms. The summed E-state index contributed by atoms with van der Waals surface area (Å²) in [5.74, 6) is -1.20. The number of nitrogens with zero attached hydrogens (tertiary/aromatic N) is 2. The molecular weight excluding hydrogens is 622 g/mol. The molecule has 1 aliphatic heterocycles. The lowest BCUT2D eigenvalue weighted by Crippen LogP contribution is -2.54. The van der Waals surface area contributed by atoms with Crippen LogP contribution >= 0.6 is 11.6 Å². The van der Waals surface area contributed by atoms with Crippen molar-refractivity contribution in [1.82, 2.24) is 19.9 Å². The number of likely N-dealkylation sites (tertiary alicyclic amines) is 1. The summed E-state index contributed by atoms with van der Waals surface area (Å²) in [4.78, 5) is 46.3. The maximum atomic E-state index is 13.7. The molecule has 5 rings (SSSR count). The number of pyridine rings is 1. The molecule has 244 valence electrons. The number of aromatic nitrogens is 1. The molecule has 0 unspecified atom stereocenters. The van der Waals surface area contributed by atoms with Gasteiger partial charge < -0.3 is 25.4 Å². The predicted molar refractivity (Wildman–Crippen MR) is 169 cm³/mol. The van der Waals surface area contributed by atoms with Gasteiger partial charge in [0.1, 0.15) is 17.4 Å². The third-order valence-electron chi connectivity index (χ3n) is 8.82. The highest BCUT2D eigenvalue weighted by Gasteiger charge is 2.61. The number of hydrogen-bond donors (Lipinski definition) is 3. The van der Waals surface area contributed by atoms with E-state index < -0.39 is 62.1 Å². The Balaban J connectivity index is 1.36. The van der Waals surface area contributed by atoms with Crippen LogP contribution in [0.15, 0.2) is 37.1 Å². The normalized spacial score (nSPS) is 25.4. The van der Waals surface area contributed by atoms with Crippen LogP contribution in [0.4, 0.5) is 0 Å². The zero-order chi connectivity index (χ0) is 32.9. The standard InChI is InChI=1S/C31H40ClN5O7S/c1-6-17-14-31(17,29(40)36-45(41,42)21-8-9-21)35-25(38)13-19-12-20(16-37(19)28(39)26(33)30(2,3)4)44-27-23-11-18(32)7-10-22(23)24(43-5)15-34-27/h6-7,10-11,15,17,19-21,26H,1,8-9,12-14,16,33H2,2-5H3,(H,35,38)(H,36,40)/t17-,19+,20-,26-,31-/m1/s1. The Bertz CT molecular complexity index is 1640. The zero-order valence-electron chi connectivity index (χ0n) is 25.8. The number of hydrogen-bond acceptors (Lipinski definition) is 9. The Kier molecular flexibility index (Phi) is 8.84. The van der Waals surface area contributed by atoms with Crippen molar-refractivity contribution in [3.05, 3.63) is 42.1 Å². The van der Waals surface area contributed by atoms with E-state index in [0.717, 1.165) is 5.39 Å². The quantitative estimate of drug-likeness (QED) is 0.306. The summed E-state index contributed by atoms with van der Waals surface area (Å²) >= 11 is 6.28. The number of rotatable bonds is 11. The molecule has 0 bridgehead atoms. The van der Waals surface area contributed by atoms with Gasteiger partial charge in [-0.15, -0.1) is 6.58 Å². The number of carbonyl (C=O) groups excluding carboxylic acids is 3. The highest BCUT2D eigenvalue weighted by molar-refractivity contribution is 7.91. The number of nitrogens with two attached hydrogens (primary N) is 1. The Hall–Kier alpha value is -3.42.